The van der Waals surface area contributed by atoms with Gasteiger partial charge in [-0.15, -0.1) is 0 Å². The Morgan fingerprint density at radius 3 is 2.19 bits per heavy atom. The minimum Gasteiger partial charge on any atom is -0.492 e. The van der Waals surface area contributed by atoms with E-state index in [1.165, 1.54) is 18.2 Å². The zero-order valence-corrected chi connectivity index (χ0v) is 19.1. The van der Waals surface area contributed by atoms with Crippen LogP contribution in [-0.2, 0) is 5.41 Å². The van der Waals surface area contributed by atoms with Crippen molar-refractivity contribution in [3.05, 3.63) is 65.7 Å². The maximum atomic E-state index is 14.5. The van der Waals surface area contributed by atoms with Crippen molar-refractivity contribution in [1.29, 1.82) is 5.26 Å². The molecule has 1 heterocycles. The zero-order chi connectivity index (χ0) is 23.0. The number of halogens is 2. The van der Waals surface area contributed by atoms with Gasteiger partial charge in [-0.1, -0.05) is 32.0 Å². The van der Waals surface area contributed by atoms with Gasteiger partial charge in [0.2, 0.25) is 0 Å². The molecule has 3 rings (SSSR count). The van der Waals surface area contributed by atoms with Crippen LogP contribution in [0.2, 0.25) is 0 Å². The van der Waals surface area contributed by atoms with Crippen molar-refractivity contribution >= 4 is 0 Å². The van der Waals surface area contributed by atoms with E-state index in [0.717, 1.165) is 45.7 Å². The van der Waals surface area contributed by atoms with Crippen LogP contribution >= 0.6 is 0 Å². The molecule has 0 aromatic heterocycles. The lowest BCUT2D eigenvalue weighted by molar-refractivity contribution is 0.114. The SMILES string of the molecule is CC(C)C(C#N)(CCCN1CCN(CCOc2ccc(F)cc2)CC1)c1ccccc1F. The molecule has 1 fully saturated rings. The van der Waals surface area contributed by atoms with Gasteiger partial charge in [-0.05, 0) is 55.6 Å². The quantitative estimate of drug-likeness (QED) is 0.528. The van der Waals surface area contributed by atoms with Crippen molar-refractivity contribution in [3.63, 3.8) is 0 Å². The van der Waals surface area contributed by atoms with Crippen molar-refractivity contribution in [3.8, 4) is 11.8 Å². The van der Waals surface area contributed by atoms with Crippen LogP contribution in [0.4, 0.5) is 8.78 Å². The number of ether oxygens (including phenoxy) is 1. The van der Waals surface area contributed by atoms with E-state index >= 15 is 0 Å². The van der Waals surface area contributed by atoms with E-state index < -0.39 is 5.41 Å². The Morgan fingerprint density at radius 1 is 0.969 bits per heavy atom. The number of hydrogen-bond donors (Lipinski definition) is 0. The first kappa shape index (κ1) is 24.2. The number of rotatable bonds is 10. The fourth-order valence-electron chi connectivity index (χ4n) is 4.44. The van der Waals surface area contributed by atoms with Crippen molar-refractivity contribution in [1.82, 2.24) is 9.80 Å². The lowest BCUT2D eigenvalue weighted by atomic mass is 9.69. The van der Waals surface area contributed by atoms with E-state index in [9.17, 15) is 14.0 Å². The predicted octanol–water partition coefficient (Wildman–Crippen LogP) is 4.86. The van der Waals surface area contributed by atoms with Crippen LogP contribution < -0.4 is 4.74 Å². The summed E-state index contributed by atoms with van der Waals surface area (Å²) in [5.74, 6) is 0.162. The molecule has 0 N–H and O–H groups in total. The van der Waals surface area contributed by atoms with Gasteiger partial charge in [0, 0.05) is 38.3 Å². The average molecular weight is 442 g/mol. The van der Waals surface area contributed by atoms with Gasteiger partial charge in [0.1, 0.15) is 24.0 Å². The minimum absolute atomic E-state index is 0.0300. The summed E-state index contributed by atoms with van der Waals surface area (Å²) in [6.45, 7) is 10.2. The number of benzene rings is 2. The number of nitriles is 1. The molecule has 0 spiro atoms. The van der Waals surface area contributed by atoms with Crippen LogP contribution in [0.1, 0.15) is 32.3 Å². The maximum Gasteiger partial charge on any atom is 0.128 e. The monoisotopic (exact) mass is 441 g/mol. The molecular weight excluding hydrogens is 408 g/mol. The average Bonchev–Trinajstić information content (AvgIpc) is 2.80. The Balaban J connectivity index is 1.42. The first-order valence-electron chi connectivity index (χ1n) is 11.4. The second-order valence-electron chi connectivity index (χ2n) is 8.81. The Bertz CT molecular complexity index is 889. The maximum absolute atomic E-state index is 14.5. The molecule has 1 aliphatic heterocycles. The molecule has 4 nitrogen and oxygen atoms in total. The molecule has 1 saturated heterocycles. The summed E-state index contributed by atoms with van der Waals surface area (Å²) in [5, 5.41) is 10.0. The summed E-state index contributed by atoms with van der Waals surface area (Å²) < 4.78 is 33.1. The van der Waals surface area contributed by atoms with E-state index in [2.05, 4.69) is 15.9 Å². The summed E-state index contributed by atoms with van der Waals surface area (Å²) in [6, 6.07) is 15.2. The van der Waals surface area contributed by atoms with Crippen LogP contribution in [0.15, 0.2) is 48.5 Å². The lowest BCUT2D eigenvalue weighted by Gasteiger charge is -2.36. The Hall–Kier alpha value is -2.49. The van der Waals surface area contributed by atoms with Gasteiger partial charge in [-0.25, -0.2) is 8.78 Å². The van der Waals surface area contributed by atoms with E-state index in [-0.39, 0.29) is 17.6 Å². The zero-order valence-electron chi connectivity index (χ0n) is 19.1. The molecule has 0 aliphatic carbocycles. The van der Waals surface area contributed by atoms with Gasteiger partial charge in [0.15, 0.2) is 0 Å². The van der Waals surface area contributed by atoms with Crippen LogP contribution in [0, 0.1) is 28.9 Å². The molecular formula is C26H33F2N3O. The Morgan fingerprint density at radius 2 is 1.59 bits per heavy atom. The van der Waals surface area contributed by atoms with Gasteiger partial charge < -0.3 is 9.64 Å². The molecule has 0 radical (unpaired) electrons. The van der Waals surface area contributed by atoms with Gasteiger partial charge in [-0.2, -0.15) is 5.26 Å². The highest BCUT2D eigenvalue weighted by Crippen LogP contribution is 2.38. The van der Waals surface area contributed by atoms with Gasteiger partial charge in [-0.3, -0.25) is 4.90 Å². The van der Waals surface area contributed by atoms with E-state index in [1.807, 2.05) is 19.9 Å². The number of nitrogens with zero attached hydrogens (tertiary/aromatic N) is 3. The molecule has 1 aliphatic rings. The normalized spacial score (nSPS) is 17.1. The Kier molecular flexibility index (Phi) is 8.60. The molecule has 1 atom stereocenters. The van der Waals surface area contributed by atoms with Gasteiger partial charge in [0.25, 0.3) is 0 Å². The van der Waals surface area contributed by atoms with Crippen molar-refractivity contribution in [2.45, 2.75) is 32.1 Å². The van der Waals surface area contributed by atoms with Crippen molar-refractivity contribution in [2.75, 3.05) is 45.9 Å². The lowest BCUT2D eigenvalue weighted by Crippen LogP contribution is -2.47. The summed E-state index contributed by atoms with van der Waals surface area (Å²) in [4.78, 5) is 4.79. The second-order valence-corrected chi connectivity index (χ2v) is 8.81. The molecule has 0 bridgehead atoms. The predicted molar refractivity (Wildman–Crippen MR) is 123 cm³/mol. The third-order valence-electron chi connectivity index (χ3n) is 6.54. The third-order valence-corrected chi connectivity index (χ3v) is 6.54. The number of piperazine rings is 1. The standard InChI is InChI=1S/C26H33F2N3O/c1-21(2)26(20-29,24-6-3-4-7-25(24)28)12-5-13-30-14-16-31(17-15-30)18-19-32-23-10-8-22(27)9-11-23/h3-4,6-11,21H,5,12-19H2,1-2H3. The van der Waals surface area contributed by atoms with Crippen molar-refractivity contribution < 1.29 is 13.5 Å². The van der Waals surface area contributed by atoms with E-state index in [0.29, 0.717) is 24.3 Å². The highest BCUT2D eigenvalue weighted by atomic mass is 19.1. The molecule has 2 aromatic rings. The molecule has 0 amide bonds. The summed E-state index contributed by atoms with van der Waals surface area (Å²) in [6.07, 6.45) is 1.50. The first-order valence-corrected chi connectivity index (χ1v) is 11.4. The van der Waals surface area contributed by atoms with Crippen LogP contribution in [0.25, 0.3) is 0 Å². The summed E-state index contributed by atoms with van der Waals surface area (Å²) in [7, 11) is 0. The molecule has 172 valence electrons. The van der Waals surface area contributed by atoms with E-state index in [4.69, 9.17) is 4.74 Å². The van der Waals surface area contributed by atoms with E-state index in [1.54, 1.807) is 24.3 Å². The van der Waals surface area contributed by atoms with Crippen LogP contribution in [0.5, 0.6) is 5.75 Å². The molecule has 1 unspecified atom stereocenters. The summed E-state index contributed by atoms with van der Waals surface area (Å²) in [5.41, 5.74) is -0.284. The summed E-state index contributed by atoms with van der Waals surface area (Å²) >= 11 is 0. The Labute approximate surface area is 190 Å². The van der Waals surface area contributed by atoms with Crippen molar-refractivity contribution in [2.24, 2.45) is 5.92 Å². The highest BCUT2D eigenvalue weighted by Gasteiger charge is 2.37. The largest absolute Gasteiger partial charge is 0.492 e. The van der Waals surface area contributed by atoms with Crippen LogP contribution in [-0.4, -0.2) is 55.7 Å². The van der Waals surface area contributed by atoms with Crippen LogP contribution in [0.3, 0.4) is 0 Å². The second kappa shape index (κ2) is 11.4. The first-order chi connectivity index (χ1) is 15.4. The smallest absolute Gasteiger partial charge is 0.128 e. The highest BCUT2D eigenvalue weighted by molar-refractivity contribution is 5.34. The third kappa shape index (κ3) is 6.05. The molecule has 32 heavy (non-hydrogen) atoms. The topological polar surface area (TPSA) is 39.5 Å². The fraction of sp³-hybridized carbons (Fsp3) is 0.500. The molecule has 0 saturated carbocycles. The fourth-order valence-corrected chi connectivity index (χ4v) is 4.44. The number of hydrogen-bond acceptors (Lipinski definition) is 4. The minimum atomic E-state index is -0.801. The molecule has 2 aromatic carbocycles. The van der Waals surface area contributed by atoms with Gasteiger partial charge >= 0.3 is 0 Å². The molecule has 6 heteroatoms. The van der Waals surface area contributed by atoms with Gasteiger partial charge in [0.05, 0.1) is 11.5 Å².